The average molecular weight is 209 g/mol. The van der Waals surface area contributed by atoms with Gasteiger partial charge in [0.2, 0.25) is 0 Å². The number of nitrogens with zero attached hydrogens (tertiary/aromatic N) is 1. The van der Waals surface area contributed by atoms with Gasteiger partial charge in [-0.3, -0.25) is 4.18 Å². The van der Waals surface area contributed by atoms with Crippen LogP contribution in [0.2, 0.25) is 0 Å². The Balaban J connectivity index is 2.22. The van der Waals surface area contributed by atoms with Crippen LogP contribution in [-0.2, 0) is 8.98 Å². The molecule has 0 saturated heterocycles. The highest BCUT2D eigenvalue weighted by molar-refractivity contribution is 8.10. The molecule has 1 aromatic carbocycles. The van der Waals surface area contributed by atoms with Crippen LogP contribution in [0, 0.1) is 0 Å². The number of carboxylic acids is 1. The van der Waals surface area contributed by atoms with E-state index in [1.54, 1.807) is 0 Å². The zero-order valence-electron chi connectivity index (χ0n) is 7.08. The number of rotatable bonds is 2. The number of carbonyl (C=O) groups is 1. The van der Waals surface area contributed by atoms with Gasteiger partial charge < -0.3 is 5.11 Å². The zero-order chi connectivity index (χ0) is 9.97. The standard InChI is InChI=1S/C9H7NO3S/c11-9(12)7-10-8(14-13-7)6-4-2-1-3-5-6/h1-5,7H,(H,11,12). The van der Waals surface area contributed by atoms with E-state index in [0.717, 1.165) is 17.6 Å². The lowest BCUT2D eigenvalue weighted by atomic mass is 10.2. The summed E-state index contributed by atoms with van der Waals surface area (Å²) in [7, 11) is 0. The van der Waals surface area contributed by atoms with E-state index in [4.69, 9.17) is 9.29 Å². The third-order valence-electron chi connectivity index (χ3n) is 1.68. The van der Waals surface area contributed by atoms with Gasteiger partial charge in [0, 0.05) is 5.56 Å². The first kappa shape index (κ1) is 9.23. The molecule has 1 atom stereocenters. The maximum atomic E-state index is 10.5. The van der Waals surface area contributed by atoms with Gasteiger partial charge in [-0.2, -0.15) is 0 Å². The summed E-state index contributed by atoms with van der Waals surface area (Å²) >= 11 is 1.00. The smallest absolute Gasteiger partial charge is 0.357 e. The summed E-state index contributed by atoms with van der Waals surface area (Å²) in [6.45, 7) is 0. The van der Waals surface area contributed by atoms with Crippen molar-refractivity contribution in [2.75, 3.05) is 0 Å². The van der Waals surface area contributed by atoms with E-state index in [1.165, 1.54) is 0 Å². The molecule has 72 valence electrons. The zero-order valence-corrected chi connectivity index (χ0v) is 7.90. The van der Waals surface area contributed by atoms with E-state index in [2.05, 4.69) is 4.99 Å². The first-order valence-corrected chi connectivity index (χ1v) is 4.71. The average Bonchev–Trinajstić information content (AvgIpc) is 2.68. The molecule has 0 fully saturated rings. The number of hydrogen-bond acceptors (Lipinski definition) is 4. The molecule has 0 bridgehead atoms. The summed E-state index contributed by atoms with van der Waals surface area (Å²) in [5.41, 5.74) is 0.876. The maximum absolute atomic E-state index is 10.5. The lowest BCUT2D eigenvalue weighted by Gasteiger charge is -1.94. The molecule has 0 aliphatic carbocycles. The van der Waals surface area contributed by atoms with Gasteiger partial charge in [-0.15, -0.1) is 0 Å². The Morgan fingerprint density at radius 2 is 2.14 bits per heavy atom. The van der Waals surface area contributed by atoms with E-state index in [1.807, 2.05) is 30.3 Å². The Labute approximate surface area is 84.8 Å². The fourth-order valence-corrected chi connectivity index (χ4v) is 1.72. The van der Waals surface area contributed by atoms with Crippen LogP contribution in [0.15, 0.2) is 35.3 Å². The van der Waals surface area contributed by atoms with E-state index in [0.29, 0.717) is 5.04 Å². The molecule has 1 aliphatic rings. The summed E-state index contributed by atoms with van der Waals surface area (Å²) in [5, 5.41) is 9.24. The van der Waals surface area contributed by atoms with E-state index in [-0.39, 0.29) is 0 Å². The second-order valence-electron chi connectivity index (χ2n) is 2.67. The van der Waals surface area contributed by atoms with Crippen molar-refractivity contribution in [3.05, 3.63) is 35.9 Å². The highest BCUT2D eigenvalue weighted by Gasteiger charge is 2.26. The number of aliphatic carboxylic acids is 1. The van der Waals surface area contributed by atoms with E-state index in [9.17, 15) is 4.79 Å². The van der Waals surface area contributed by atoms with Crippen LogP contribution in [0.4, 0.5) is 0 Å². The SMILES string of the molecule is O=C(O)C1N=C(c2ccccc2)SO1. The van der Waals surface area contributed by atoms with Crippen LogP contribution in [0.25, 0.3) is 0 Å². The molecule has 1 N–H and O–H groups in total. The minimum atomic E-state index is -1.07. The quantitative estimate of drug-likeness (QED) is 0.750. The molecule has 4 nitrogen and oxygen atoms in total. The Hall–Kier alpha value is -1.33. The monoisotopic (exact) mass is 209 g/mol. The lowest BCUT2D eigenvalue weighted by molar-refractivity contribution is -0.143. The van der Waals surface area contributed by atoms with Crippen LogP contribution in [-0.4, -0.2) is 22.3 Å². The molecule has 14 heavy (non-hydrogen) atoms. The maximum Gasteiger partial charge on any atom is 0.357 e. The summed E-state index contributed by atoms with van der Waals surface area (Å²) in [5.74, 6) is -1.07. The largest absolute Gasteiger partial charge is 0.478 e. The van der Waals surface area contributed by atoms with Crippen molar-refractivity contribution in [2.45, 2.75) is 6.23 Å². The Bertz CT molecular complexity index is 377. The Kier molecular flexibility index (Phi) is 2.51. The van der Waals surface area contributed by atoms with E-state index < -0.39 is 12.2 Å². The van der Waals surface area contributed by atoms with Crippen molar-refractivity contribution in [2.24, 2.45) is 4.99 Å². The Morgan fingerprint density at radius 1 is 1.43 bits per heavy atom. The first-order chi connectivity index (χ1) is 6.77. The number of carboxylic acid groups (broad SMARTS) is 1. The molecule has 1 aliphatic heterocycles. The molecule has 5 heteroatoms. The summed E-state index contributed by atoms with van der Waals surface area (Å²) in [6.07, 6.45) is -1.07. The number of benzene rings is 1. The lowest BCUT2D eigenvalue weighted by Crippen LogP contribution is -2.15. The molecule has 1 unspecified atom stereocenters. The normalized spacial score (nSPS) is 20.6. The first-order valence-electron chi connectivity index (χ1n) is 3.97. The second-order valence-corrected chi connectivity index (χ2v) is 3.42. The number of hydrogen-bond donors (Lipinski definition) is 1. The van der Waals surface area contributed by atoms with Gasteiger partial charge in [0.15, 0.2) is 0 Å². The molecule has 0 amide bonds. The molecule has 1 aromatic rings. The van der Waals surface area contributed by atoms with Crippen molar-refractivity contribution < 1.29 is 14.1 Å². The Morgan fingerprint density at radius 3 is 2.71 bits per heavy atom. The van der Waals surface area contributed by atoms with Crippen molar-refractivity contribution >= 4 is 23.1 Å². The van der Waals surface area contributed by atoms with Crippen LogP contribution in [0.1, 0.15) is 5.56 Å². The highest BCUT2D eigenvalue weighted by Crippen LogP contribution is 2.24. The highest BCUT2D eigenvalue weighted by atomic mass is 32.2. The number of aliphatic imine (C=N–C) groups is 1. The summed E-state index contributed by atoms with van der Waals surface area (Å²) in [6, 6.07) is 9.34. The van der Waals surface area contributed by atoms with Gasteiger partial charge in [-0.25, -0.2) is 9.79 Å². The molecule has 0 spiro atoms. The molecule has 0 radical (unpaired) electrons. The molecular weight excluding hydrogens is 202 g/mol. The second kappa shape index (κ2) is 3.81. The van der Waals surface area contributed by atoms with Crippen molar-refractivity contribution in [3.63, 3.8) is 0 Å². The fourth-order valence-electron chi connectivity index (χ4n) is 1.04. The summed E-state index contributed by atoms with van der Waals surface area (Å²) in [4.78, 5) is 14.4. The topological polar surface area (TPSA) is 58.9 Å². The predicted octanol–water partition coefficient (Wildman–Crippen LogP) is 1.52. The van der Waals surface area contributed by atoms with Crippen LogP contribution >= 0.6 is 12.0 Å². The molecule has 0 aromatic heterocycles. The third-order valence-corrected chi connectivity index (χ3v) is 2.46. The van der Waals surface area contributed by atoms with Gasteiger partial charge >= 0.3 is 5.97 Å². The predicted molar refractivity (Wildman–Crippen MR) is 53.1 cm³/mol. The van der Waals surface area contributed by atoms with Crippen LogP contribution in [0.3, 0.4) is 0 Å². The van der Waals surface area contributed by atoms with Crippen molar-refractivity contribution in [1.29, 1.82) is 0 Å². The molecule has 0 saturated carbocycles. The van der Waals surface area contributed by atoms with E-state index >= 15 is 0 Å². The molecule has 1 heterocycles. The summed E-state index contributed by atoms with van der Waals surface area (Å²) < 4.78 is 4.89. The van der Waals surface area contributed by atoms with Gasteiger partial charge in [0.1, 0.15) is 5.04 Å². The fraction of sp³-hybridized carbons (Fsp3) is 0.111. The van der Waals surface area contributed by atoms with Crippen LogP contribution < -0.4 is 0 Å². The van der Waals surface area contributed by atoms with Crippen molar-refractivity contribution in [3.8, 4) is 0 Å². The van der Waals surface area contributed by atoms with Gasteiger partial charge in [-0.1, -0.05) is 30.3 Å². The third kappa shape index (κ3) is 1.78. The minimum Gasteiger partial charge on any atom is -0.478 e. The van der Waals surface area contributed by atoms with Crippen LogP contribution in [0.5, 0.6) is 0 Å². The van der Waals surface area contributed by atoms with Gasteiger partial charge in [-0.05, 0) is 0 Å². The van der Waals surface area contributed by atoms with Gasteiger partial charge in [0.05, 0.1) is 12.0 Å². The van der Waals surface area contributed by atoms with Crippen molar-refractivity contribution in [1.82, 2.24) is 0 Å². The van der Waals surface area contributed by atoms with Gasteiger partial charge in [0.25, 0.3) is 6.23 Å². The molecular formula is C9H7NO3S. The minimum absolute atomic E-state index is 0.609. The molecule has 2 rings (SSSR count).